The monoisotopic (exact) mass is 246 g/mol. The van der Waals surface area contributed by atoms with E-state index in [1.165, 1.54) is 13.2 Å². The van der Waals surface area contributed by atoms with Gasteiger partial charge in [-0.15, -0.1) is 12.4 Å². The molecule has 0 bridgehead atoms. The van der Waals surface area contributed by atoms with E-state index in [1.807, 2.05) is 0 Å². The topological polar surface area (TPSA) is 62.7 Å². The van der Waals surface area contributed by atoms with E-state index in [-0.39, 0.29) is 24.3 Å². The number of aromatic nitrogens is 1. The number of aromatic hydroxyl groups is 1. The predicted octanol–water partition coefficient (Wildman–Crippen LogP) is 1.21. The maximum absolute atomic E-state index is 11.3. The molecule has 0 amide bonds. The van der Waals surface area contributed by atoms with Crippen LogP contribution in [0.3, 0.4) is 0 Å². The van der Waals surface area contributed by atoms with Gasteiger partial charge in [-0.05, 0) is 13.0 Å². The van der Waals surface area contributed by atoms with Crippen molar-refractivity contribution in [2.45, 2.75) is 13.0 Å². The number of hydrogen-bond acceptors (Lipinski definition) is 5. The summed E-state index contributed by atoms with van der Waals surface area (Å²) in [6.07, 6.45) is 0. The summed E-state index contributed by atoms with van der Waals surface area (Å²) in [5.41, 5.74) is 0. The number of nitrogens with zero attached hydrogens (tertiary/aromatic N) is 2. The Labute approximate surface area is 100 Å². The molecule has 0 fully saturated rings. The van der Waals surface area contributed by atoms with Crippen molar-refractivity contribution in [2.24, 2.45) is 0 Å². The lowest BCUT2D eigenvalue weighted by atomic mass is 10.3. The minimum Gasteiger partial charge on any atom is -0.493 e. The molecule has 0 saturated heterocycles. The smallest absolute Gasteiger partial charge is 0.328 e. The third-order valence-electron chi connectivity index (χ3n) is 2.20. The van der Waals surface area contributed by atoms with Crippen LogP contribution in [0.5, 0.6) is 5.88 Å². The molecule has 1 aromatic rings. The zero-order valence-electron chi connectivity index (χ0n) is 9.38. The molecule has 0 saturated carbocycles. The summed E-state index contributed by atoms with van der Waals surface area (Å²) in [5.74, 6) is 0.104. The Morgan fingerprint density at radius 1 is 1.56 bits per heavy atom. The molecule has 90 valence electrons. The largest absolute Gasteiger partial charge is 0.493 e. The van der Waals surface area contributed by atoms with Crippen LogP contribution in [0.4, 0.5) is 5.82 Å². The summed E-state index contributed by atoms with van der Waals surface area (Å²) in [5, 5.41) is 9.19. The number of ether oxygens (including phenoxy) is 1. The van der Waals surface area contributed by atoms with Crippen LogP contribution in [0, 0.1) is 0 Å². The van der Waals surface area contributed by atoms with E-state index in [1.54, 1.807) is 31.0 Å². The van der Waals surface area contributed by atoms with Crippen molar-refractivity contribution >= 4 is 24.2 Å². The molecule has 1 N–H and O–H groups in total. The highest BCUT2D eigenvalue weighted by Crippen LogP contribution is 2.15. The van der Waals surface area contributed by atoms with Gasteiger partial charge in [-0.25, -0.2) is 4.79 Å². The Morgan fingerprint density at radius 2 is 2.19 bits per heavy atom. The van der Waals surface area contributed by atoms with E-state index in [0.717, 1.165) is 0 Å². The number of carbonyl (C=O) groups excluding carboxylic acids is 1. The van der Waals surface area contributed by atoms with Gasteiger partial charge in [0, 0.05) is 13.1 Å². The molecule has 16 heavy (non-hydrogen) atoms. The number of methoxy groups -OCH3 is 1. The van der Waals surface area contributed by atoms with Crippen LogP contribution in [0.2, 0.25) is 0 Å². The molecule has 0 radical (unpaired) electrons. The second kappa shape index (κ2) is 6.17. The van der Waals surface area contributed by atoms with Crippen LogP contribution >= 0.6 is 12.4 Å². The lowest BCUT2D eigenvalue weighted by Crippen LogP contribution is -2.37. The molecular formula is C10H15ClN2O3. The van der Waals surface area contributed by atoms with Crippen LogP contribution in [0.25, 0.3) is 0 Å². The van der Waals surface area contributed by atoms with Gasteiger partial charge in [0.2, 0.25) is 5.88 Å². The fourth-order valence-corrected chi connectivity index (χ4v) is 1.14. The van der Waals surface area contributed by atoms with E-state index in [0.29, 0.717) is 5.82 Å². The van der Waals surface area contributed by atoms with Crippen molar-refractivity contribution < 1.29 is 14.6 Å². The standard InChI is InChI=1S/C10H14N2O3.ClH/c1-7(10(14)15-3)12(2)8-5-4-6-9(13)11-8;/h4-7H,1-3H3,(H,11,13);1H. The average Bonchev–Trinajstić information content (AvgIpc) is 2.26. The number of halogens is 1. The molecule has 0 aliphatic rings. The van der Waals surface area contributed by atoms with Gasteiger partial charge >= 0.3 is 5.97 Å². The zero-order chi connectivity index (χ0) is 11.4. The van der Waals surface area contributed by atoms with Crippen LogP contribution < -0.4 is 4.90 Å². The van der Waals surface area contributed by atoms with Crippen LogP contribution in [-0.4, -0.2) is 36.3 Å². The van der Waals surface area contributed by atoms with Crippen molar-refractivity contribution in [3.8, 4) is 5.88 Å². The van der Waals surface area contributed by atoms with Crippen LogP contribution in [-0.2, 0) is 9.53 Å². The van der Waals surface area contributed by atoms with Gasteiger partial charge in [-0.3, -0.25) is 0 Å². The summed E-state index contributed by atoms with van der Waals surface area (Å²) in [6, 6.07) is 4.40. The van der Waals surface area contributed by atoms with Crippen molar-refractivity contribution in [1.82, 2.24) is 4.98 Å². The molecule has 1 heterocycles. The van der Waals surface area contributed by atoms with Crippen molar-refractivity contribution in [2.75, 3.05) is 19.1 Å². The number of rotatable bonds is 3. The van der Waals surface area contributed by atoms with E-state index < -0.39 is 6.04 Å². The van der Waals surface area contributed by atoms with Crippen molar-refractivity contribution in [3.05, 3.63) is 18.2 Å². The van der Waals surface area contributed by atoms with E-state index in [9.17, 15) is 9.90 Å². The number of carbonyl (C=O) groups is 1. The molecule has 1 aromatic heterocycles. The Bertz CT molecular complexity index is 360. The lowest BCUT2D eigenvalue weighted by molar-refractivity contribution is -0.141. The molecule has 0 aliphatic heterocycles. The van der Waals surface area contributed by atoms with Crippen molar-refractivity contribution in [3.63, 3.8) is 0 Å². The summed E-state index contributed by atoms with van der Waals surface area (Å²) >= 11 is 0. The molecule has 5 nitrogen and oxygen atoms in total. The van der Waals surface area contributed by atoms with Gasteiger partial charge in [0.25, 0.3) is 0 Å². The third kappa shape index (κ3) is 3.27. The Morgan fingerprint density at radius 3 is 2.69 bits per heavy atom. The highest BCUT2D eigenvalue weighted by atomic mass is 35.5. The fourth-order valence-electron chi connectivity index (χ4n) is 1.14. The molecule has 1 atom stereocenters. The van der Waals surface area contributed by atoms with Gasteiger partial charge in [0.1, 0.15) is 11.9 Å². The molecule has 0 aromatic carbocycles. The second-order valence-electron chi connectivity index (χ2n) is 3.16. The van der Waals surface area contributed by atoms with Crippen LogP contribution in [0.15, 0.2) is 18.2 Å². The minimum atomic E-state index is -0.440. The van der Waals surface area contributed by atoms with Gasteiger partial charge in [0.15, 0.2) is 0 Å². The maximum atomic E-state index is 11.3. The normalized spacial score (nSPS) is 11.2. The van der Waals surface area contributed by atoms with E-state index in [4.69, 9.17) is 0 Å². The predicted molar refractivity (Wildman–Crippen MR) is 63.0 cm³/mol. The van der Waals surface area contributed by atoms with E-state index >= 15 is 0 Å². The first-order chi connectivity index (χ1) is 7.06. The number of likely N-dealkylation sites (N-methyl/N-ethyl adjacent to an activating group) is 1. The number of esters is 1. The van der Waals surface area contributed by atoms with Gasteiger partial charge < -0.3 is 14.7 Å². The maximum Gasteiger partial charge on any atom is 0.328 e. The summed E-state index contributed by atoms with van der Waals surface area (Å²) < 4.78 is 4.61. The molecule has 1 rings (SSSR count). The summed E-state index contributed by atoms with van der Waals surface area (Å²) in [6.45, 7) is 1.71. The molecule has 6 heteroatoms. The number of anilines is 1. The molecule has 0 aliphatic carbocycles. The first-order valence-corrected chi connectivity index (χ1v) is 4.53. The third-order valence-corrected chi connectivity index (χ3v) is 2.20. The fraction of sp³-hybridized carbons (Fsp3) is 0.400. The first kappa shape index (κ1) is 14.5. The van der Waals surface area contributed by atoms with E-state index in [2.05, 4.69) is 9.72 Å². The second-order valence-corrected chi connectivity index (χ2v) is 3.16. The number of pyridine rings is 1. The zero-order valence-corrected chi connectivity index (χ0v) is 10.2. The molecule has 1 unspecified atom stereocenters. The lowest BCUT2D eigenvalue weighted by Gasteiger charge is -2.23. The highest BCUT2D eigenvalue weighted by molar-refractivity contribution is 5.85. The first-order valence-electron chi connectivity index (χ1n) is 4.53. The average molecular weight is 247 g/mol. The summed E-state index contributed by atoms with van der Waals surface area (Å²) in [7, 11) is 3.05. The Kier molecular flexibility index (Phi) is 5.60. The Hall–Kier alpha value is -1.49. The van der Waals surface area contributed by atoms with Crippen molar-refractivity contribution in [1.29, 1.82) is 0 Å². The molecule has 0 spiro atoms. The van der Waals surface area contributed by atoms with Gasteiger partial charge in [-0.2, -0.15) is 4.98 Å². The van der Waals surface area contributed by atoms with Crippen LogP contribution in [0.1, 0.15) is 6.92 Å². The van der Waals surface area contributed by atoms with Gasteiger partial charge in [0.05, 0.1) is 7.11 Å². The Balaban J connectivity index is 0.00000225. The quantitative estimate of drug-likeness (QED) is 0.813. The van der Waals surface area contributed by atoms with Gasteiger partial charge in [-0.1, -0.05) is 6.07 Å². The SMILES string of the molecule is COC(=O)C(C)N(C)c1cccc(O)n1.Cl. The summed E-state index contributed by atoms with van der Waals surface area (Å²) in [4.78, 5) is 16.8. The molecular weight excluding hydrogens is 232 g/mol. The minimum absolute atomic E-state index is 0. The number of hydrogen-bond donors (Lipinski definition) is 1. The highest BCUT2D eigenvalue weighted by Gasteiger charge is 2.19.